The van der Waals surface area contributed by atoms with Gasteiger partial charge in [0.15, 0.2) is 0 Å². The maximum absolute atomic E-state index is 11.7. The third kappa shape index (κ3) is 38.6. The Kier molecular flexibility index (Phi) is 42.6. The Hall–Kier alpha value is -12.7. The van der Waals surface area contributed by atoms with E-state index < -0.39 is 23.4 Å². The number of para-hydroxylation sites is 5. The van der Waals surface area contributed by atoms with Gasteiger partial charge in [0.25, 0.3) is 41.4 Å². The number of ether oxygens (including phenoxy) is 10. The zero-order valence-electron chi connectivity index (χ0n) is 76.3. The number of aryl methyl sites for hydroxylation is 2. The highest BCUT2D eigenvalue weighted by Gasteiger charge is 2.27. The molecule has 0 heterocycles. The third-order valence-corrected chi connectivity index (χ3v) is 20.8. The number of hydrogen-bond acceptors (Lipinski definition) is 20. The molecular weight excluding hydrogens is 1930 g/mol. The van der Waals surface area contributed by atoms with Crippen LogP contribution < -0.4 is 78.3 Å². The minimum Gasteiger partial charge on any atom is -0.444 e. The molecule has 0 atom stereocenters. The van der Waals surface area contributed by atoms with Gasteiger partial charge in [-0.15, -0.1) is 0 Å². The van der Waals surface area contributed by atoms with Crippen LogP contribution in [0.2, 0.25) is 15.1 Å². The Morgan fingerprint density at radius 1 is 0.287 bits per heavy atom. The molecule has 0 aliphatic carbocycles. The second kappa shape index (κ2) is 54.2. The highest BCUT2D eigenvalue weighted by Crippen LogP contribution is 2.30. The van der Waals surface area contributed by atoms with Gasteiger partial charge in [0.1, 0.15) is 62.9 Å². The molecule has 0 radical (unpaired) electrons. The van der Waals surface area contributed by atoms with Crippen LogP contribution >= 0.6 is 133 Å². The lowest BCUT2D eigenvalue weighted by Gasteiger charge is -2.27. The Morgan fingerprint density at radius 3 is 0.728 bits per heavy atom. The first-order valence-electron chi connectivity index (χ1n) is 42.4. The number of alkyl carbamates (subject to hydrolysis) is 2. The van der Waals surface area contributed by atoms with Crippen molar-refractivity contribution in [2.24, 2.45) is 0 Å². The van der Waals surface area contributed by atoms with E-state index in [0.29, 0.717) is 78.6 Å². The van der Waals surface area contributed by atoms with Crippen LogP contribution in [-0.4, -0.2) is 85.9 Å². The minimum atomic E-state index is -0.516. The molecule has 13 aromatic carbocycles. The Labute approximate surface area is 853 Å². The maximum atomic E-state index is 11.7. The summed E-state index contributed by atoms with van der Waals surface area (Å²) in [6.45, 7) is 15.9. The smallest absolute Gasteiger partial charge is 0.407 e. The summed E-state index contributed by atoms with van der Waals surface area (Å²) in [6.07, 6.45) is 0.998. The summed E-state index contributed by atoms with van der Waals surface area (Å²) in [6, 6.07) is 106. The molecule has 13 rings (SSSR count). The molecule has 702 valence electrons. The molecule has 13 aromatic rings. The van der Waals surface area contributed by atoms with Crippen LogP contribution in [-0.2, 0) is 35.4 Å². The number of amides is 2. The first kappa shape index (κ1) is 107. The zero-order valence-corrected chi connectivity index (χ0v) is 85.1. The predicted molar refractivity (Wildman–Crippen MR) is 584 cm³/mol. The molecule has 20 nitrogen and oxygen atoms in total. The van der Waals surface area contributed by atoms with Gasteiger partial charge < -0.3 is 68.6 Å². The van der Waals surface area contributed by atoms with Gasteiger partial charge in [0.2, 0.25) is 0 Å². The number of hydrogen-bond donors (Lipinski definition) is 4. The molecule has 136 heavy (non-hydrogen) atoms. The molecule has 2 amide bonds. The summed E-state index contributed by atoms with van der Waals surface area (Å²) in [4.78, 5) is 28.1. The van der Waals surface area contributed by atoms with Gasteiger partial charge in [0.05, 0.1) is 38.2 Å². The van der Waals surface area contributed by atoms with Gasteiger partial charge in [-0.2, -0.15) is 0 Å². The number of quaternary nitrogens is 1. The lowest BCUT2D eigenvalue weighted by molar-refractivity contribution is 0.0512. The van der Waals surface area contributed by atoms with Crippen LogP contribution in [0.5, 0.6) is 46.0 Å². The van der Waals surface area contributed by atoms with Crippen molar-refractivity contribution in [2.75, 3.05) is 46.5 Å². The molecule has 4 N–H and O–H groups in total. The second-order valence-corrected chi connectivity index (χ2v) is 36.0. The number of thiocarbonyl (C=S) groups is 8. The highest BCUT2D eigenvalue weighted by atomic mass is 35.5. The molecule has 0 aliphatic rings. The van der Waals surface area contributed by atoms with E-state index in [1.54, 1.807) is 87.5 Å². The first-order chi connectivity index (χ1) is 65.0. The fraction of sp³-hybridized carbons (Fsp3) is 0.162. The molecule has 0 bridgehead atoms. The van der Waals surface area contributed by atoms with E-state index in [1.165, 1.54) is 11.1 Å². The molecular formula is C105H102Cl3N8O12S8+. The normalized spacial score (nSPS) is 10.5. The standard InChI is InChI=1S/C23H23N2O2S2.C22H17Cl2NO2S2.C22H19NO2S2.C19H21ClN2O3S.C19H22N2O3S/c1-25(2,3)19-16-14-18(15-17-19)24(22(28)26-20-10-6-4-7-11-20)23(29)27-21-12-8-5-9-13-21;1-2-15-3-9-18(10-4-15)25(21(28)26-19-11-5-16(23)6-12-19)22(29)27-20-13-7-17(24)8-14-20;1-2-17-13-15-18(16-14-17)23(21(26)24-19-9-5-3-6-10-19)22(27)25-20-11-7-4-8-12-20;1-19(2,3)25-17(23)21-12-13-4-8-15(9-5-13)22-18(26)24-16-10-6-14(20)7-11-16;1-19(2,3)24-17(22)20-13-14-9-11-15(12-10-14)21-18(25)23-16-7-5-4-6-8-16/h4-17H,1-3H3;3-14H,2H2,1H3;3-16H,2H2,1H3;4-11H,12H2,1-3H3,(H,21,23)(H,22,26);4-12H,13H2,1-3H3,(H,20,22)(H,21,25)/q+1;;;;. The van der Waals surface area contributed by atoms with E-state index in [-0.39, 0.29) is 41.4 Å². The largest absolute Gasteiger partial charge is 0.444 e. The fourth-order valence-electron chi connectivity index (χ4n) is 11.4. The number of halogens is 3. The van der Waals surface area contributed by atoms with Crippen LogP contribution in [0.4, 0.5) is 43.7 Å². The van der Waals surface area contributed by atoms with Crippen LogP contribution in [0, 0.1) is 0 Å². The van der Waals surface area contributed by atoms with Crippen molar-refractivity contribution >= 4 is 220 Å². The maximum Gasteiger partial charge on any atom is 0.407 e. The molecule has 31 heteroatoms. The lowest BCUT2D eigenvalue weighted by atomic mass is 10.1. The fourth-order valence-corrected chi connectivity index (χ4v) is 14.1. The monoisotopic (exact) mass is 2030 g/mol. The van der Waals surface area contributed by atoms with Gasteiger partial charge in [-0.1, -0.05) is 188 Å². The first-order valence-corrected chi connectivity index (χ1v) is 46.8. The van der Waals surface area contributed by atoms with Gasteiger partial charge >= 0.3 is 12.2 Å². The molecule has 0 fully saturated rings. The molecule has 0 unspecified atom stereocenters. The summed E-state index contributed by atoms with van der Waals surface area (Å²) in [7, 11) is 6.33. The molecule has 0 aliphatic heterocycles. The number of nitrogens with zero attached hydrogens (tertiary/aromatic N) is 4. The van der Waals surface area contributed by atoms with E-state index in [2.05, 4.69) is 56.3 Å². The van der Waals surface area contributed by atoms with Crippen molar-refractivity contribution in [1.29, 1.82) is 0 Å². The van der Waals surface area contributed by atoms with Crippen molar-refractivity contribution in [3.8, 4) is 46.0 Å². The number of anilines is 5. The quantitative estimate of drug-likeness (QED) is 0.0417. The summed E-state index contributed by atoms with van der Waals surface area (Å²) in [5.41, 5.74) is 8.32. The Bertz CT molecular complexity index is 5890. The molecule has 0 aromatic heterocycles. The van der Waals surface area contributed by atoms with E-state index in [0.717, 1.165) is 58.1 Å². The van der Waals surface area contributed by atoms with Gasteiger partial charge in [-0.3, -0.25) is 4.48 Å². The van der Waals surface area contributed by atoms with Gasteiger partial charge in [-0.25, -0.2) is 24.3 Å². The highest BCUT2D eigenvalue weighted by molar-refractivity contribution is 7.83. The average molecular weight is 2030 g/mol. The number of carbonyl (C=O) groups excluding carboxylic acids is 2. The zero-order chi connectivity index (χ0) is 98.2. The average Bonchev–Trinajstić information content (AvgIpc) is 0.822. The molecule has 0 spiro atoms. The summed E-state index contributed by atoms with van der Waals surface area (Å²) in [5.74, 6) is 4.91. The number of carbonyl (C=O) groups is 2. The van der Waals surface area contributed by atoms with Crippen LogP contribution in [0.15, 0.2) is 346 Å². The summed E-state index contributed by atoms with van der Waals surface area (Å²) >= 11 is 61.3. The van der Waals surface area contributed by atoms with E-state index >= 15 is 0 Å². The third-order valence-electron chi connectivity index (χ3n) is 18.1. The van der Waals surface area contributed by atoms with E-state index in [1.807, 2.05) is 315 Å². The second-order valence-electron chi connectivity index (χ2n) is 31.8. The van der Waals surface area contributed by atoms with Crippen molar-refractivity contribution in [2.45, 2.75) is 92.5 Å². The number of rotatable bonds is 20. The van der Waals surface area contributed by atoms with Crippen molar-refractivity contribution < 1.29 is 57.0 Å². The topological polar surface area (TPSA) is 184 Å². The Balaban J connectivity index is 0.000000191. The Morgan fingerprint density at radius 2 is 0.500 bits per heavy atom. The minimum absolute atomic E-state index is 0.135. The summed E-state index contributed by atoms with van der Waals surface area (Å²) in [5, 5.41) is 14.8. The van der Waals surface area contributed by atoms with E-state index in [9.17, 15) is 9.59 Å². The SMILES string of the molecule is CC(C)(C)OC(=O)NCc1ccc(NC(=S)Oc2ccc(Cl)cc2)cc1.CC(C)(C)OC(=O)NCc1ccc(NC(=S)Oc2ccccc2)cc1.CCc1ccc(N(C(=S)Oc2ccc(Cl)cc2)C(=S)Oc2ccc(Cl)cc2)cc1.CCc1ccc(N(C(=S)Oc2ccccc2)C(=S)Oc2ccccc2)cc1.C[N+](C)(C)c1ccc(N(C(=S)Oc2ccccc2)C(=S)Oc2ccccc2)cc1. The number of benzene rings is 13. The van der Waals surface area contributed by atoms with Crippen molar-refractivity contribution in [3.05, 3.63) is 383 Å². The molecule has 0 saturated heterocycles. The van der Waals surface area contributed by atoms with Crippen LogP contribution in [0.3, 0.4) is 0 Å². The van der Waals surface area contributed by atoms with Crippen LogP contribution in [0.25, 0.3) is 0 Å². The van der Waals surface area contributed by atoms with E-state index in [4.69, 9.17) is 180 Å². The summed E-state index contributed by atoms with van der Waals surface area (Å²) < 4.78 is 57.2. The van der Waals surface area contributed by atoms with Crippen molar-refractivity contribution in [3.63, 3.8) is 0 Å². The van der Waals surface area contributed by atoms with Gasteiger partial charge in [0, 0.05) is 51.7 Å². The number of nitrogens with one attached hydrogen (secondary N) is 4. The predicted octanol–water partition coefficient (Wildman–Crippen LogP) is 27.9. The molecule has 0 saturated carbocycles. The van der Waals surface area contributed by atoms with Gasteiger partial charge in [-0.05, 0) is 369 Å². The van der Waals surface area contributed by atoms with Crippen molar-refractivity contribution in [1.82, 2.24) is 15.1 Å². The van der Waals surface area contributed by atoms with Crippen LogP contribution in [0.1, 0.15) is 77.6 Å². The lowest BCUT2D eigenvalue weighted by Crippen LogP contribution is -2.40.